The Morgan fingerprint density at radius 2 is 1.69 bits per heavy atom. The molecule has 4 rings (SSSR count). The van der Waals surface area contributed by atoms with Gasteiger partial charge in [0.25, 0.3) is 5.91 Å². The fourth-order valence-corrected chi connectivity index (χ4v) is 4.22. The van der Waals surface area contributed by atoms with E-state index >= 15 is 0 Å². The van der Waals surface area contributed by atoms with Gasteiger partial charge in [-0.05, 0) is 30.2 Å². The highest BCUT2D eigenvalue weighted by Crippen LogP contribution is 2.25. The molecule has 0 aliphatic carbocycles. The summed E-state index contributed by atoms with van der Waals surface area (Å²) in [6.45, 7) is 2.23. The monoisotopic (exact) mass is 569 g/mol. The van der Waals surface area contributed by atoms with Crippen LogP contribution in [0.1, 0.15) is 53.8 Å². The van der Waals surface area contributed by atoms with E-state index in [4.69, 9.17) is 20.9 Å². The summed E-state index contributed by atoms with van der Waals surface area (Å²) in [4.78, 5) is 29.9. The molecule has 0 fully saturated rings. The number of hydrogen-bond donors (Lipinski definition) is 3. The first-order chi connectivity index (χ1) is 17.9. The van der Waals surface area contributed by atoms with Crippen LogP contribution in [0.2, 0.25) is 0 Å². The molecule has 1 heterocycles. The summed E-state index contributed by atoms with van der Waals surface area (Å²) >= 11 is 0. The third-order valence-electron chi connectivity index (χ3n) is 6.21. The Bertz CT molecular complexity index is 1420. The maximum Gasteiger partial charge on any atom is 0.308 e. The number of fused-ring (bicyclic) bond motifs is 1. The number of benzene rings is 3. The minimum atomic E-state index is -0.344. The van der Waals surface area contributed by atoms with E-state index in [0.717, 1.165) is 35.3 Å². The third-order valence-corrected chi connectivity index (χ3v) is 6.21. The molecule has 1 amide bonds. The SMILES string of the molecule is CCCC(OC(=O)CCNC(=O)c1ccc2c(c1)nc(-c1ccc(C(=N)N)cc1)n2C)c1ccccc1.Cl.Cl. The van der Waals surface area contributed by atoms with Crippen LogP contribution in [0.3, 0.4) is 0 Å². The number of nitrogens with two attached hydrogens (primary N) is 1. The Hall–Kier alpha value is -3.88. The van der Waals surface area contributed by atoms with Crippen LogP contribution in [-0.2, 0) is 16.6 Å². The van der Waals surface area contributed by atoms with Gasteiger partial charge in [0.05, 0.1) is 17.5 Å². The highest BCUT2D eigenvalue weighted by molar-refractivity contribution is 5.98. The van der Waals surface area contributed by atoms with E-state index in [1.165, 1.54) is 0 Å². The zero-order valence-corrected chi connectivity index (χ0v) is 23.5. The van der Waals surface area contributed by atoms with Gasteiger partial charge < -0.3 is 20.4 Å². The Kier molecular flexibility index (Phi) is 11.5. The normalized spacial score (nSPS) is 11.1. The lowest BCUT2D eigenvalue weighted by Crippen LogP contribution is -2.27. The number of ether oxygens (including phenoxy) is 1. The molecule has 1 aromatic heterocycles. The second-order valence-electron chi connectivity index (χ2n) is 8.87. The number of hydrogen-bond acceptors (Lipinski definition) is 5. The zero-order chi connectivity index (χ0) is 26.4. The molecule has 0 bridgehead atoms. The van der Waals surface area contributed by atoms with Crippen LogP contribution < -0.4 is 11.1 Å². The molecule has 39 heavy (non-hydrogen) atoms. The lowest BCUT2D eigenvalue weighted by atomic mass is 10.1. The van der Waals surface area contributed by atoms with Gasteiger partial charge in [0.2, 0.25) is 0 Å². The number of carbonyl (C=O) groups excluding carboxylic acids is 2. The number of amides is 1. The van der Waals surface area contributed by atoms with E-state index in [1.807, 2.05) is 60.1 Å². The van der Waals surface area contributed by atoms with E-state index in [2.05, 4.69) is 12.2 Å². The van der Waals surface area contributed by atoms with Crippen molar-refractivity contribution < 1.29 is 14.3 Å². The molecule has 0 radical (unpaired) electrons. The number of rotatable bonds is 10. The summed E-state index contributed by atoms with van der Waals surface area (Å²) in [6, 6.07) is 22.3. The number of nitrogen functional groups attached to an aromatic ring is 1. The van der Waals surface area contributed by atoms with Gasteiger partial charge in [-0.1, -0.05) is 67.9 Å². The lowest BCUT2D eigenvalue weighted by Gasteiger charge is -2.17. The molecule has 3 aromatic carbocycles. The molecule has 0 saturated carbocycles. The van der Waals surface area contributed by atoms with E-state index in [9.17, 15) is 9.59 Å². The van der Waals surface area contributed by atoms with Crippen LogP contribution in [0.25, 0.3) is 22.4 Å². The third kappa shape index (κ3) is 7.59. The number of imidazole rings is 1. The summed E-state index contributed by atoms with van der Waals surface area (Å²) in [5, 5.41) is 10.4. The van der Waals surface area contributed by atoms with Crippen LogP contribution in [0.15, 0.2) is 72.8 Å². The molecule has 0 spiro atoms. The fraction of sp³-hybridized carbons (Fsp3) is 0.241. The number of esters is 1. The van der Waals surface area contributed by atoms with Gasteiger partial charge in [0.1, 0.15) is 17.8 Å². The van der Waals surface area contributed by atoms with Crippen molar-refractivity contribution in [3.05, 3.63) is 89.5 Å². The predicted octanol–water partition coefficient (Wildman–Crippen LogP) is 5.57. The van der Waals surface area contributed by atoms with Crippen molar-refractivity contribution in [2.75, 3.05) is 6.54 Å². The average Bonchev–Trinajstić information content (AvgIpc) is 3.24. The van der Waals surface area contributed by atoms with Gasteiger partial charge in [-0.25, -0.2) is 4.98 Å². The predicted molar refractivity (Wildman–Crippen MR) is 159 cm³/mol. The highest BCUT2D eigenvalue weighted by Gasteiger charge is 2.17. The molecule has 8 nitrogen and oxygen atoms in total. The molecule has 0 aliphatic heterocycles. The number of aryl methyl sites for hydroxylation is 1. The van der Waals surface area contributed by atoms with Crippen molar-refractivity contribution in [2.24, 2.45) is 12.8 Å². The van der Waals surface area contributed by atoms with E-state index in [-0.39, 0.29) is 61.6 Å². The lowest BCUT2D eigenvalue weighted by molar-refractivity contribution is -0.149. The van der Waals surface area contributed by atoms with Crippen molar-refractivity contribution in [1.29, 1.82) is 5.41 Å². The van der Waals surface area contributed by atoms with Gasteiger partial charge in [0, 0.05) is 30.3 Å². The molecule has 1 atom stereocenters. The first-order valence-electron chi connectivity index (χ1n) is 12.3. The topological polar surface area (TPSA) is 123 Å². The number of aromatic nitrogens is 2. The molecule has 0 saturated heterocycles. The standard InChI is InChI=1S/C29H31N5O3.2ClH/c1-3-7-25(19-8-5-4-6-9-19)37-26(35)16-17-32-29(36)22-14-15-24-23(18-22)33-28(34(24)2)21-12-10-20(11-13-21)27(30)31;;/h4-6,8-15,18,25H,3,7,16-17H2,1-2H3,(H3,30,31)(H,32,36);2*1H. The van der Waals surface area contributed by atoms with Crippen molar-refractivity contribution in [3.63, 3.8) is 0 Å². The second kappa shape index (κ2) is 14.3. The van der Waals surface area contributed by atoms with Crippen LogP contribution in [0.4, 0.5) is 0 Å². The van der Waals surface area contributed by atoms with E-state index < -0.39 is 0 Å². The number of carbonyl (C=O) groups is 2. The summed E-state index contributed by atoms with van der Waals surface area (Å²) in [5.41, 5.74) is 10.1. The van der Waals surface area contributed by atoms with Gasteiger partial charge in [-0.3, -0.25) is 15.0 Å². The molecule has 10 heteroatoms. The van der Waals surface area contributed by atoms with Gasteiger partial charge >= 0.3 is 5.97 Å². The summed E-state index contributed by atoms with van der Waals surface area (Å²) in [6.07, 6.45) is 1.44. The quantitative estimate of drug-likeness (QED) is 0.131. The Morgan fingerprint density at radius 3 is 2.33 bits per heavy atom. The summed E-state index contributed by atoms with van der Waals surface area (Å²) < 4.78 is 7.63. The fourth-order valence-electron chi connectivity index (χ4n) is 4.22. The van der Waals surface area contributed by atoms with Gasteiger partial charge in [-0.15, -0.1) is 24.8 Å². The smallest absolute Gasteiger partial charge is 0.308 e. The van der Waals surface area contributed by atoms with Crippen molar-refractivity contribution in [1.82, 2.24) is 14.9 Å². The molecular formula is C29H33Cl2N5O3. The molecular weight excluding hydrogens is 537 g/mol. The van der Waals surface area contributed by atoms with E-state index in [0.29, 0.717) is 16.6 Å². The number of nitrogens with one attached hydrogen (secondary N) is 2. The van der Waals surface area contributed by atoms with Crippen LogP contribution in [-0.4, -0.2) is 33.8 Å². The summed E-state index contributed by atoms with van der Waals surface area (Å²) in [5.74, 6) is 0.131. The first kappa shape index (κ1) is 31.3. The number of halogens is 2. The molecule has 206 valence electrons. The van der Waals surface area contributed by atoms with Crippen molar-refractivity contribution >= 4 is 53.6 Å². The summed E-state index contributed by atoms with van der Waals surface area (Å²) in [7, 11) is 1.91. The first-order valence-corrected chi connectivity index (χ1v) is 12.3. The number of amidine groups is 1. The molecule has 4 aromatic rings. The van der Waals surface area contributed by atoms with Crippen molar-refractivity contribution in [3.8, 4) is 11.4 Å². The van der Waals surface area contributed by atoms with Crippen LogP contribution >= 0.6 is 24.8 Å². The van der Waals surface area contributed by atoms with Gasteiger partial charge in [-0.2, -0.15) is 0 Å². The van der Waals surface area contributed by atoms with Crippen LogP contribution in [0.5, 0.6) is 0 Å². The zero-order valence-electron chi connectivity index (χ0n) is 21.8. The van der Waals surface area contributed by atoms with Crippen molar-refractivity contribution in [2.45, 2.75) is 32.3 Å². The Balaban J connectivity index is 0.00000267. The Morgan fingerprint density at radius 1 is 1.03 bits per heavy atom. The maximum atomic E-state index is 12.7. The van der Waals surface area contributed by atoms with Gasteiger partial charge in [0.15, 0.2) is 0 Å². The Labute approximate surface area is 240 Å². The number of nitrogens with zero attached hydrogens (tertiary/aromatic N) is 2. The van der Waals surface area contributed by atoms with E-state index in [1.54, 1.807) is 24.3 Å². The second-order valence-corrected chi connectivity index (χ2v) is 8.87. The molecule has 4 N–H and O–H groups in total. The van der Waals surface area contributed by atoms with Crippen LogP contribution in [0, 0.1) is 5.41 Å². The molecule has 1 unspecified atom stereocenters. The minimum absolute atomic E-state index is 0. The largest absolute Gasteiger partial charge is 0.457 e. The highest BCUT2D eigenvalue weighted by atomic mass is 35.5. The molecule has 0 aliphatic rings. The average molecular weight is 571 g/mol. The maximum absolute atomic E-state index is 12.7. The minimum Gasteiger partial charge on any atom is -0.457 e.